The van der Waals surface area contributed by atoms with Crippen molar-refractivity contribution in [2.45, 2.75) is 167 Å². The summed E-state index contributed by atoms with van der Waals surface area (Å²) in [6, 6.07) is 43.7. The molecule has 4 aromatic rings. The van der Waals surface area contributed by atoms with Crippen LogP contribution in [0.15, 0.2) is 151 Å². The molecule has 0 bridgehead atoms. The van der Waals surface area contributed by atoms with Crippen LogP contribution < -0.4 is 26.5 Å². The normalized spacial score (nSPS) is 12.3. The Kier molecular flexibility index (Phi) is 27.9. The third-order valence-corrected chi connectivity index (χ3v) is 22.7. The number of rotatable bonds is 31. The maximum atomic E-state index is 8.26. The number of benzene rings is 4. The maximum Gasteiger partial charge on any atom is 0.261 e. The molecule has 6 nitrogen and oxygen atoms in total. The first kappa shape index (κ1) is 56.3. The van der Waals surface area contributed by atoms with Gasteiger partial charge >= 0.3 is 0 Å². The molecule has 4 aromatic carbocycles. The van der Waals surface area contributed by atoms with E-state index in [2.05, 4.69) is 197 Å². The molecule has 0 amide bonds. The molecule has 0 aliphatic rings. The summed E-state index contributed by atoms with van der Waals surface area (Å²) in [7, 11) is -4.75. The smallest absolute Gasteiger partial charge is 0.261 e. The molecule has 2 N–H and O–H groups in total. The van der Waals surface area contributed by atoms with E-state index in [1.807, 2.05) is 0 Å². The van der Waals surface area contributed by atoms with Crippen LogP contribution in [0, 0.1) is 0 Å². The number of nitrogens with zero attached hydrogens (tertiary/aromatic N) is 3. The van der Waals surface area contributed by atoms with Gasteiger partial charge in [0.1, 0.15) is 0 Å². The second-order valence-corrected chi connectivity index (χ2v) is 28.4. The van der Waals surface area contributed by atoms with E-state index >= 15 is 0 Å². The zero-order valence-electron chi connectivity index (χ0n) is 42.1. The zero-order chi connectivity index (χ0) is 47.7. The fourth-order valence-corrected chi connectivity index (χ4v) is 18.3. The highest BCUT2D eigenvalue weighted by atomic mass is 28.4. The summed E-state index contributed by atoms with van der Waals surface area (Å²) < 4.78 is 14.0. The predicted octanol–water partition coefficient (Wildman–Crippen LogP) is 14.5. The van der Waals surface area contributed by atoms with Gasteiger partial charge in [0.05, 0.1) is 0 Å². The molecule has 66 heavy (non-hydrogen) atoms. The SMILES string of the molecule is CC(C)(C)[Si](OCCCCCCC/C=C\CCCCN)(c1ccccc1)c1ccccc1.CC(C)(C)[Si](OCCCCCCC/C=C\CCCCN=[N+]=[N-])(c1ccccc1)c1ccccc1. The van der Waals surface area contributed by atoms with Crippen LogP contribution in [0.25, 0.3) is 10.4 Å². The van der Waals surface area contributed by atoms with Crippen molar-refractivity contribution in [2.24, 2.45) is 10.8 Å². The van der Waals surface area contributed by atoms with Gasteiger partial charge in [-0.25, -0.2) is 0 Å². The summed E-state index contributed by atoms with van der Waals surface area (Å²) >= 11 is 0. The van der Waals surface area contributed by atoms with Gasteiger partial charge in [0, 0.05) is 24.7 Å². The lowest BCUT2D eigenvalue weighted by atomic mass is 10.1. The molecule has 0 aliphatic carbocycles. The van der Waals surface area contributed by atoms with E-state index in [1.54, 1.807) is 0 Å². The van der Waals surface area contributed by atoms with Crippen molar-refractivity contribution in [3.63, 3.8) is 0 Å². The minimum atomic E-state index is -2.39. The van der Waals surface area contributed by atoms with Crippen LogP contribution >= 0.6 is 0 Å². The second-order valence-electron chi connectivity index (χ2n) is 19.8. The predicted molar refractivity (Wildman–Crippen MR) is 292 cm³/mol. The van der Waals surface area contributed by atoms with Gasteiger partial charge in [-0.05, 0) is 120 Å². The molecule has 0 unspecified atom stereocenters. The summed E-state index contributed by atoms with van der Waals surface area (Å²) in [5, 5.41) is 9.14. The van der Waals surface area contributed by atoms with Crippen LogP contribution in [0.1, 0.15) is 157 Å². The van der Waals surface area contributed by atoms with Crippen molar-refractivity contribution >= 4 is 37.4 Å². The average molecular weight is 930 g/mol. The zero-order valence-corrected chi connectivity index (χ0v) is 44.1. The van der Waals surface area contributed by atoms with Crippen molar-refractivity contribution in [1.82, 2.24) is 0 Å². The van der Waals surface area contributed by atoms with Crippen molar-refractivity contribution in [1.29, 1.82) is 0 Å². The number of hydrogen-bond donors (Lipinski definition) is 1. The molecule has 0 aromatic heterocycles. The van der Waals surface area contributed by atoms with Crippen LogP contribution in [0.4, 0.5) is 0 Å². The molecule has 0 saturated carbocycles. The van der Waals surface area contributed by atoms with Gasteiger partial charge in [0.25, 0.3) is 16.6 Å². The number of unbranched alkanes of at least 4 members (excludes halogenated alkanes) is 14. The van der Waals surface area contributed by atoms with Gasteiger partial charge in [-0.3, -0.25) is 0 Å². The summed E-state index contributed by atoms with van der Waals surface area (Å²) in [4.78, 5) is 2.78. The number of azide groups is 1. The van der Waals surface area contributed by atoms with Crippen molar-refractivity contribution < 1.29 is 8.85 Å². The van der Waals surface area contributed by atoms with Crippen molar-refractivity contribution in [2.75, 3.05) is 26.3 Å². The van der Waals surface area contributed by atoms with Crippen LogP contribution in [0.3, 0.4) is 0 Å². The first-order valence-electron chi connectivity index (χ1n) is 25.6. The van der Waals surface area contributed by atoms with Gasteiger partial charge in [-0.1, -0.05) is 231 Å². The average Bonchev–Trinajstić information content (AvgIpc) is 3.32. The van der Waals surface area contributed by atoms with Gasteiger partial charge in [0.2, 0.25) is 0 Å². The molecule has 8 heteroatoms. The van der Waals surface area contributed by atoms with Crippen LogP contribution in [-0.2, 0) is 8.85 Å². The van der Waals surface area contributed by atoms with Gasteiger partial charge in [-0.2, -0.15) is 0 Å². The van der Waals surface area contributed by atoms with Crippen molar-refractivity contribution in [3.8, 4) is 0 Å². The fraction of sp³-hybridized carbons (Fsp3) is 0.517. The van der Waals surface area contributed by atoms with E-state index in [0.29, 0.717) is 6.54 Å². The number of allylic oxidation sites excluding steroid dienone is 4. The first-order valence-corrected chi connectivity index (χ1v) is 29.4. The second kappa shape index (κ2) is 32.6. The molecule has 0 radical (unpaired) electrons. The van der Waals surface area contributed by atoms with E-state index < -0.39 is 16.6 Å². The number of hydrogen-bond acceptors (Lipinski definition) is 4. The highest BCUT2D eigenvalue weighted by Crippen LogP contribution is 2.38. The Balaban J connectivity index is 0.000000351. The molecule has 4 rings (SSSR count). The Hall–Kier alpha value is -4.02. The minimum Gasteiger partial charge on any atom is -0.407 e. The molecule has 0 saturated heterocycles. The lowest BCUT2D eigenvalue weighted by Gasteiger charge is -2.43. The molecule has 0 fully saturated rings. The lowest BCUT2D eigenvalue weighted by Crippen LogP contribution is -2.66. The largest absolute Gasteiger partial charge is 0.407 e. The molecule has 0 heterocycles. The van der Waals surface area contributed by atoms with Crippen molar-refractivity contribution in [3.05, 3.63) is 156 Å². The Labute approximate surface area is 404 Å². The third kappa shape index (κ3) is 19.3. The van der Waals surface area contributed by atoms with Crippen LogP contribution in [-0.4, -0.2) is 42.9 Å². The Morgan fingerprint density at radius 2 is 0.727 bits per heavy atom. The highest BCUT2D eigenvalue weighted by Gasteiger charge is 2.51. The van der Waals surface area contributed by atoms with E-state index in [4.69, 9.17) is 20.1 Å². The van der Waals surface area contributed by atoms with E-state index in [0.717, 1.165) is 64.7 Å². The molecule has 0 aliphatic heterocycles. The van der Waals surface area contributed by atoms with Gasteiger partial charge in [-0.15, -0.1) is 0 Å². The van der Waals surface area contributed by atoms with Gasteiger partial charge < -0.3 is 14.6 Å². The van der Waals surface area contributed by atoms with Gasteiger partial charge in [0.15, 0.2) is 0 Å². The maximum absolute atomic E-state index is 8.26. The summed E-state index contributed by atoms with van der Waals surface area (Å²) in [6.45, 7) is 17.2. The summed E-state index contributed by atoms with van der Waals surface area (Å²) in [5.74, 6) is 0. The summed E-state index contributed by atoms with van der Waals surface area (Å²) in [5.41, 5.74) is 13.8. The monoisotopic (exact) mass is 929 g/mol. The van der Waals surface area contributed by atoms with E-state index in [-0.39, 0.29) is 10.1 Å². The van der Waals surface area contributed by atoms with E-state index in [9.17, 15) is 0 Å². The van der Waals surface area contributed by atoms with Crippen LogP contribution in [0.5, 0.6) is 0 Å². The highest BCUT2D eigenvalue weighted by molar-refractivity contribution is 7.00. The lowest BCUT2D eigenvalue weighted by molar-refractivity contribution is 0.286. The Bertz CT molecular complexity index is 1830. The number of nitrogens with two attached hydrogens (primary N) is 1. The van der Waals surface area contributed by atoms with Crippen LogP contribution in [0.2, 0.25) is 10.1 Å². The fourth-order valence-electron chi connectivity index (χ4n) is 9.13. The molecule has 0 spiro atoms. The molecule has 0 atom stereocenters. The molecule has 360 valence electrons. The Morgan fingerprint density at radius 1 is 0.439 bits per heavy atom. The Morgan fingerprint density at radius 3 is 1.03 bits per heavy atom. The first-order chi connectivity index (χ1) is 32.0. The third-order valence-electron chi connectivity index (χ3n) is 12.6. The van der Waals surface area contributed by atoms with E-state index in [1.165, 1.54) is 91.4 Å². The topological polar surface area (TPSA) is 93.2 Å². The molecular formula is C58H88N4O2Si2. The quantitative estimate of drug-likeness (QED) is 0.0136. The minimum absolute atomic E-state index is 0.0466. The standard InChI is InChI=1S/C29H43N3OSi.C29H45NOSi/c1-29(2,3)34(27-21-15-13-16-22-27,28-23-17-14-18-24-28)33-26-20-12-10-8-6-4-5-7-9-11-19-25-31-32-30;1-29(2,3)32(27-21-15-13-16-22-27,28-23-17-14-18-24-28)31-26-20-12-10-8-6-4-5-7-9-11-19-25-30/h5,7,13-18,21-24H,4,6,8-12,19-20,25-26H2,1-3H3;5,7,13-18,21-24H,4,6,8-12,19-20,25-26,30H2,1-3H3/b2*7-5-. The molecular weight excluding hydrogens is 841 g/mol. The summed E-state index contributed by atoms with van der Waals surface area (Å²) in [6.07, 6.45) is 30.8.